The number of hydrogen-bond acceptors (Lipinski definition) is 3. The lowest BCUT2D eigenvalue weighted by Gasteiger charge is -2.08. The highest BCUT2D eigenvalue weighted by Crippen LogP contribution is 2.05. The first kappa shape index (κ1) is 15.7. The summed E-state index contributed by atoms with van der Waals surface area (Å²) in [5.41, 5.74) is 2.05. The van der Waals surface area contributed by atoms with Gasteiger partial charge in [0.15, 0.2) is 0 Å². The van der Waals surface area contributed by atoms with Gasteiger partial charge in [0.25, 0.3) is 0 Å². The molecule has 1 N–H and O–H groups in total. The molecule has 1 aromatic carbocycles. The van der Waals surface area contributed by atoms with Crippen molar-refractivity contribution in [3.05, 3.63) is 35.4 Å². The molecule has 0 aliphatic carbocycles. The van der Waals surface area contributed by atoms with Gasteiger partial charge in [-0.15, -0.1) is 0 Å². The Morgan fingerprint density at radius 3 is 2.84 bits per heavy atom. The van der Waals surface area contributed by atoms with Crippen LogP contribution in [0.5, 0.6) is 0 Å². The number of hydrogen-bond donors (Lipinski definition) is 1. The first-order chi connectivity index (χ1) is 9.22. The first-order valence-corrected chi connectivity index (χ1v) is 6.60. The molecule has 0 radical (unpaired) electrons. The zero-order valence-corrected chi connectivity index (χ0v) is 11.7. The van der Waals surface area contributed by atoms with E-state index in [0.717, 1.165) is 11.1 Å². The molecule has 0 atom stereocenters. The quantitative estimate of drug-likeness (QED) is 0.605. The maximum atomic E-state index is 8.67. The maximum absolute atomic E-state index is 8.67. The molecule has 3 nitrogen and oxygen atoms in total. The van der Waals surface area contributed by atoms with E-state index in [1.165, 1.54) is 0 Å². The predicted octanol–water partition coefficient (Wildman–Crippen LogP) is 2.36. The fraction of sp³-hybridized carbons (Fsp3) is 0.500. The fourth-order valence-electron chi connectivity index (χ4n) is 1.49. The van der Waals surface area contributed by atoms with Gasteiger partial charge in [-0.2, -0.15) is 0 Å². The smallest absolute Gasteiger partial charge is 0.0718 e. The van der Waals surface area contributed by atoms with E-state index in [4.69, 9.17) is 14.6 Å². The summed E-state index contributed by atoms with van der Waals surface area (Å²) in [4.78, 5) is 0. The van der Waals surface area contributed by atoms with Crippen LogP contribution in [-0.2, 0) is 16.1 Å². The van der Waals surface area contributed by atoms with Crippen LogP contribution in [0, 0.1) is 11.8 Å². The molecule has 0 saturated carbocycles. The lowest BCUT2D eigenvalue weighted by molar-refractivity contribution is 0.0143. The van der Waals surface area contributed by atoms with Crippen molar-refractivity contribution in [1.29, 1.82) is 0 Å². The second-order valence-corrected chi connectivity index (χ2v) is 4.45. The first-order valence-electron chi connectivity index (χ1n) is 6.60. The molecule has 0 aromatic heterocycles. The Hall–Kier alpha value is -1.34. The molecule has 1 rings (SSSR count). The molecular formula is C16H22O3. The van der Waals surface area contributed by atoms with Gasteiger partial charge >= 0.3 is 0 Å². The van der Waals surface area contributed by atoms with E-state index in [-0.39, 0.29) is 12.7 Å². The van der Waals surface area contributed by atoms with Gasteiger partial charge in [0.1, 0.15) is 0 Å². The number of rotatable bonds is 7. The molecule has 0 saturated heterocycles. The van der Waals surface area contributed by atoms with E-state index >= 15 is 0 Å². The maximum Gasteiger partial charge on any atom is 0.0718 e. The Morgan fingerprint density at radius 1 is 1.26 bits per heavy atom. The molecule has 0 bridgehead atoms. The number of aliphatic hydroxyl groups is 1. The SMILES string of the molecule is CC(C)OCCOCc1cccc(C#CCCO)c1. The van der Waals surface area contributed by atoms with Crippen LogP contribution in [0.1, 0.15) is 31.4 Å². The molecule has 0 unspecified atom stereocenters. The topological polar surface area (TPSA) is 38.7 Å². The molecule has 0 amide bonds. The third-order valence-corrected chi connectivity index (χ3v) is 2.34. The molecule has 19 heavy (non-hydrogen) atoms. The second-order valence-electron chi connectivity index (χ2n) is 4.45. The van der Waals surface area contributed by atoms with Gasteiger partial charge in [-0.05, 0) is 31.5 Å². The Labute approximate surface area is 115 Å². The number of ether oxygens (including phenoxy) is 2. The van der Waals surface area contributed by atoms with Gasteiger partial charge < -0.3 is 14.6 Å². The van der Waals surface area contributed by atoms with E-state index in [1.54, 1.807) is 0 Å². The van der Waals surface area contributed by atoms with Gasteiger partial charge in [0.05, 0.1) is 32.5 Å². The minimum absolute atomic E-state index is 0.103. The summed E-state index contributed by atoms with van der Waals surface area (Å²) >= 11 is 0. The molecule has 0 heterocycles. The molecule has 0 aliphatic heterocycles. The minimum Gasteiger partial charge on any atom is -0.395 e. The molecule has 0 fully saturated rings. The Balaban J connectivity index is 2.34. The molecule has 3 heteroatoms. The summed E-state index contributed by atoms with van der Waals surface area (Å²) in [6, 6.07) is 7.94. The fourth-order valence-corrected chi connectivity index (χ4v) is 1.49. The van der Waals surface area contributed by atoms with Crippen LogP contribution in [0.15, 0.2) is 24.3 Å². The molecule has 1 aromatic rings. The monoisotopic (exact) mass is 262 g/mol. The Morgan fingerprint density at radius 2 is 2.11 bits per heavy atom. The van der Waals surface area contributed by atoms with Crippen molar-refractivity contribution in [3.63, 3.8) is 0 Å². The van der Waals surface area contributed by atoms with Crippen LogP contribution in [-0.4, -0.2) is 31.0 Å². The normalized spacial score (nSPS) is 10.3. The number of benzene rings is 1. The van der Waals surface area contributed by atoms with Crippen LogP contribution < -0.4 is 0 Å². The van der Waals surface area contributed by atoms with Crippen LogP contribution in [0.4, 0.5) is 0 Å². The van der Waals surface area contributed by atoms with Gasteiger partial charge in [-0.25, -0.2) is 0 Å². The minimum atomic E-state index is 0.103. The average Bonchev–Trinajstić information content (AvgIpc) is 2.39. The average molecular weight is 262 g/mol. The molecule has 0 aliphatic rings. The van der Waals surface area contributed by atoms with Crippen molar-refractivity contribution in [3.8, 4) is 11.8 Å². The summed E-state index contributed by atoms with van der Waals surface area (Å²) in [5, 5.41) is 8.67. The lowest BCUT2D eigenvalue weighted by atomic mass is 10.1. The summed E-state index contributed by atoms with van der Waals surface area (Å²) in [6.45, 7) is 5.90. The van der Waals surface area contributed by atoms with Gasteiger partial charge in [0.2, 0.25) is 0 Å². The van der Waals surface area contributed by atoms with Gasteiger partial charge in [0, 0.05) is 12.0 Å². The van der Waals surface area contributed by atoms with Crippen molar-refractivity contribution in [2.45, 2.75) is 33.0 Å². The summed E-state index contributed by atoms with van der Waals surface area (Å²) in [5.74, 6) is 5.92. The van der Waals surface area contributed by atoms with Crippen molar-refractivity contribution in [1.82, 2.24) is 0 Å². The highest BCUT2D eigenvalue weighted by atomic mass is 16.5. The third-order valence-electron chi connectivity index (χ3n) is 2.34. The zero-order valence-electron chi connectivity index (χ0n) is 11.7. The largest absolute Gasteiger partial charge is 0.395 e. The Kier molecular flexibility index (Phi) is 7.92. The van der Waals surface area contributed by atoms with Crippen LogP contribution in [0.2, 0.25) is 0 Å². The third kappa shape index (κ3) is 7.63. The van der Waals surface area contributed by atoms with Gasteiger partial charge in [-0.1, -0.05) is 24.0 Å². The summed E-state index contributed by atoms with van der Waals surface area (Å²) in [7, 11) is 0. The standard InChI is InChI=1S/C16H22O3/c1-14(2)19-11-10-18-13-16-8-5-7-15(12-16)6-3-4-9-17/h5,7-8,12,14,17H,4,9-11,13H2,1-2H3. The van der Waals surface area contributed by atoms with E-state index in [2.05, 4.69) is 11.8 Å². The van der Waals surface area contributed by atoms with Crippen LogP contribution in [0.3, 0.4) is 0 Å². The van der Waals surface area contributed by atoms with Gasteiger partial charge in [-0.3, -0.25) is 0 Å². The van der Waals surface area contributed by atoms with E-state index in [1.807, 2.05) is 38.1 Å². The molecular weight excluding hydrogens is 240 g/mol. The highest BCUT2D eigenvalue weighted by Gasteiger charge is 1.96. The Bertz CT molecular complexity index is 415. The van der Waals surface area contributed by atoms with Crippen molar-refractivity contribution in [2.24, 2.45) is 0 Å². The number of aliphatic hydroxyl groups excluding tert-OH is 1. The van der Waals surface area contributed by atoms with Crippen LogP contribution >= 0.6 is 0 Å². The van der Waals surface area contributed by atoms with Crippen molar-refractivity contribution in [2.75, 3.05) is 19.8 Å². The van der Waals surface area contributed by atoms with Crippen LogP contribution in [0.25, 0.3) is 0 Å². The lowest BCUT2D eigenvalue weighted by Crippen LogP contribution is -2.09. The molecule has 0 spiro atoms. The van der Waals surface area contributed by atoms with E-state index in [0.29, 0.717) is 26.2 Å². The second kappa shape index (κ2) is 9.57. The van der Waals surface area contributed by atoms with Crippen molar-refractivity contribution < 1.29 is 14.6 Å². The van der Waals surface area contributed by atoms with E-state index < -0.39 is 0 Å². The molecule has 104 valence electrons. The predicted molar refractivity (Wildman–Crippen MR) is 75.8 cm³/mol. The summed E-state index contributed by atoms with van der Waals surface area (Å²) in [6.07, 6.45) is 0.751. The van der Waals surface area contributed by atoms with E-state index in [9.17, 15) is 0 Å². The van der Waals surface area contributed by atoms with Crippen molar-refractivity contribution >= 4 is 0 Å². The zero-order chi connectivity index (χ0) is 13.9. The summed E-state index contributed by atoms with van der Waals surface area (Å²) < 4.78 is 10.9. The highest BCUT2D eigenvalue weighted by molar-refractivity contribution is 5.36.